The van der Waals surface area contributed by atoms with Gasteiger partial charge in [0, 0.05) is 23.5 Å². The molecule has 28 heavy (non-hydrogen) atoms. The second-order valence-electron chi connectivity index (χ2n) is 6.32. The zero-order chi connectivity index (χ0) is 20.1. The number of rotatable bonds is 6. The lowest BCUT2D eigenvalue weighted by Gasteiger charge is -2.14. The molecule has 0 fully saturated rings. The molecule has 0 saturated heterocycles. The summed E-state index contributed by atoms with van der Waals surface area (Å²) in [5.74, 6) is 0.122. The molecule has 0 unspecified atom stereocenters. The molecule has 2 heterocycles. The highest BCUT2D eigenvalue weighted by molar-refractivity contribution is 6.08. The van der Waals surface area contributed by atoms with E-state index in [0.29, 0.717) is 17.1 Å². The van der Waals surface area contributed by atoms with Crippen LogP contribution in [0.3, 0.4) is 0 Å². The van der Waals surface area contributed by atoms with Crippen LogP contribution in [-0.2, 0) is 12.8 Å². The number of hydrogen-bond donors (Lipinski definition) is 2. The van der Waals surface area contributed by atoms with E-state index in [0.717, 1.165) is 29.7 Å². The van der Waals surface area contributed by atoms with Gasteiger partial charge in [0.15, 0.2) is 5.82 Å². The highest BCUT2D eigenvalue weighted by Crippen LogP contribution is 2.23. The first-order chi connectivity index (χ1) is 13.5. The molecule has 2 amide bonds. The molecular formula is C21H22N4O3. The van der Waals surface area contributed by atoms with Crippen molar-refractivity contribution in [3.8, 4) is 0 Å². The number of nitrogens with zero attached hydrogens (tertiary/aromatic N) is 2. The maximum Gasteiger partial charge on any atom is 0.275 e. The Balaban J connectivity index is 1.80. The minimum atomic E-state index is -0.467. The van der Waals surface area contributed by atoms with Gasteiger partial charge < -0.3 is 15.2 Å². The van der Waals surface area contributed by atoms with Gasteiger partial charge in [-0.05, 0) is 43.0 Å². The molecule has 0 atom stereocenters. The van der Waals surface area contributed by atoms with Crippen molar-refractivity contribution in [3.63, 3.8) is 0 Å². The van der Waals surface area contributed by atoms with Crippen molar-refractivity contribution in [1.29, 1.82) is 0 Å². The topological polar surface area (TPSA) is 97.1 Å². The second kappa shape index (κ2) is 8.47. The molecule has 2 N–H and O–H groups in total. The van der Waals surface area contributed by atoms with Crippen molar-refractivity contribution in [3.05, 3.63) is 70.7 Å². The van der Waals surface area contributed by atoms with Gasteiger partial charge >= 0.3 is 0 Å². The maximum atomic E-state index is 12.8. The van der Waals surface area contributed by atoms with Crippen molar-refractivity contribution >= 4 is 23.3 Å². The molecular weight excluding hydrogens is 356 g/mol. The number of nitrogens with one attached hydrogen (secondary N) is 2. The van der Waals surface area contributed by atoms with E-state index in [1.807, 2.05) is 32.0 Å². The monoisotopic (exact) mass is 378 g/mol. The Hall–Kier alpha value is -3.48. The largest absolute Gasteiger partial charge is 0.360 e. The van der Waals surface area contributed by atoms with E-state index in [1.54, 1.807) is 19.1 Å². The molecule has 2 aromatic heterocycles. The van der Waals surface area contributed by atoms with Gasteiger partial charge in [-0.15, -0.1) is 0 Å². The lowest BCUT2D eigenvalue weighted by molar-refractivity contribution is 0.102. The van der Waals surface area contributed by atoms with Crippen molar-refractivity contribution in [1.82, 2.24) is 10.1 Å². The van der Waals surface area contributed by atoms with Crippen LogP contribution < -0.4 is 10.6 Å². The first-order valence-electron chi connectivity index (χ1n) is 9.14. The highest BCUT2D eigenvalue weighted by atomic mass is 16.5. The summed E-state index contributed by atoms with van der Waals surface area (Å²) in [7, 11) is 0. The van der Waals surface area contributed by atoms with Gasteiger partial charge in [0.25, 0.3) is 11.8 Å². The molecule has 0 bridgehead atoms. The number of carbonyl (C=O) groups is 2. The third-order valence-electron chi connectivity index (χ3n) is 4.36. The van der Waals surface area contributed by atoms with Gasteiger partial charge in [-0.25, -0.2) is 0 Å². The molecule has 0 aliphatic rings. The molecule has 0 aliphatic carbocycles. The van der Waals surface area contributed by atoms with E-state index in [-0.39, 0.29) is 11.6 Å². The molecule has 0 aliphatic heterocycles. The van der Waals surface area contributed by atoms with Crippen LogP contribution in [0.15, 0.2) is 47.1 Å². The van der Waals surface area contributed by atoms with Gasteiger partial charge in [0.05, 0.1) is 0 Å². The van der Waals surface area contributed by atoms with Crippen LogP contribution in [0.25, 0.3) is 0 Å². The van der Waals surface area contributed by atoms with Gasteiger partial charge in [-0.1, -0.05) is 37.2 Å². The van der Waals surface area contributed by atoms with Crippen LogP contribution >= 0.6 is 0 Å². The van der Waals surface area contributed by atoms with Crippen LogP contribution in [-0.4, -0.2) is 22.0 Å². The Morgan fingerprint density at radius 3 is 2.32 bits per heavy atom. The van der Waals surface area contributed by atoms with E-state index in [1.165, 1.54) is 12.3 Å². The van der Waals surface area contributed by atoms with Gasteiger partial charge in [0.1, 0.15) is 11.5 Å². The fourth-order valence-electron chi connectivity index (χ4n) is 2.89. The molecule has 0 saturated carbocycles. The van der Waals surface area contributed by atoms with E-state index in [4.69, 9.17) is 4.52 Å². The predicted octanol–water partition coefficient (Wildman–Crippen LogP) is 4.01. The van der Waals surface area contributed by atoms with Crippen LogP contribution in [0.5, 0.6) is 0 Å². The molecule has 7 heteroatoms. The number of benzene rings is 1. The fraction of sp³-hybridized carbons (Fsp3) is 0.238. The zero-order valence-electron chi connectivity index (χ0n) is 16.1. The lowest BCUT2D eigenvalue weighted by Crippen LogP contribution is -2.18. The highest BCUT2D eigenvalue weighted by Gasteiger charge is 2.15. The summed E-state index contributed by atoms with van der Waals surface area (Å²) in [4.78, 5) is 29.2. The van der Waals surface area contributed by atoms with Gasteiger partial charge in [-0.2, -0.15) is 0 Å². The second-order valence-corrected chi connectivity index (χ2v) is 6.32. The lowest BCUT2D eigenvalue weighted by atomic mass is 10.0. The van der Waals surface area contributed by atoms with Crippen molar-refractivity contribution in [2.24, 2.45) is 0 Å². The number of amides is 2. The molecule has 7 nitrogen and oxygen atoms in total. The van der Waals surface area contributed by atoms with Crippen LogP contribution in [0, 0.1) is 6.92 Å². The number of aryl methyl sites for hydroxylation is 3. The minimum Gasteiger partial charge on any atom is -0.360 e. The van der Waals surface area contributed by atoms with Crippen LogP contribution in [0.2, 0.25) is 0 Å². The maximum absolute atomic E-state index is 12.8. The average molecular weight is 378 g/mol. The Bertz CT molecular complexity index is 988. The quantitative estimate of drug-likeness (QED) is 0.675. The molecule has 1 aromatic carbocycles. The predicted molar refractivity (Wildman–Crippen MR) is 107 cm³/mol. The molecule has 144 valence electrons. The number of aromatic nitrogens is 2. The van der Waals surface area contributed by atoms with E-state index >= 15 is 0 Å². The molecule has 3 aromatic rings. The standard InChI is InChI=1S/C21H22N4O3/c1-4-14-7-6-8-15(5-2)19(14)24-20(26)16-9-10-22-17(12-16)21(27)23-18-11-13(3)28-25-18/h6-12H,4-5H2,1-3H3,(H,24,26)(H,23,25,27). The summed E-state index contributed by atoms with van der Waals surface area (Å²) < 4.78 is 4.92. The molecule has 3 rings (SSSR count). The normalized spacial score (nSPS) is 10.5. The first-order valence-corrected chi connectivity index (χ1v) is 9.14. The van der Waals surface area contributed by atoms with Crippen molar-refractivity contribution in [2.45, 2.75) is 33.6 Å². The average Bonchev–Trinajstić information content (AvgIpc) is 3.12. The Kier molecular flexibility index (Phi) is 5.84. The SMILES string of the molecule is CCc1cccc(CC)c1NC(=O)c1ccnc(C(=O)Nc2cc(C)on2)c1. The summed E-state index contributed by atoms with van der Waals surface area (Å²) in [6.45, 7) is 5.82. The summed E-state index contributed by atoms with van der Waals surface area (Å²) in [6, 6.07) is 10.6. The van der Waals surface area contributed by atoms with Crippen LogP contribution in [0.1, 0.15) is 51.6 Å². The van der Waals surface area contributed by atoms with Crippen molar-refractivity contribution in [2.75, 3.05) is 10.6 Å². The molecule has 0 radical (unpaired) electrons. The summed E-state index contributed by atoms with van der Waals surface area (Å²) in [5, 5.41) is 9.30. The van der Waals surface area contributed by atoms with E-state index < -0.39 is 5.91 Å². The minimum absolute atomic E-state index is 0.118. The number of para-hydroxylation sites is 1. The summed E-state index contributed by atoms with van der Waals surface area (Å²) >= 11 is 0. The first kappa shape index (κ1) is 19.3. The van der Waals surface area contributed by atoms with Crippen molar-refractivity contribution < 1.29 is 14.1 Å². The van der Waals surface area contributed by atoms with Gasteiger partial charge in [-0.3, -0.25) is 14.6 Å². The summed E-state index contributed by atoms with van der Waals surface area (Å²) in [5.41, 5.74) is 3.44. The third-order valence-corrected chi connectivity index (χ3v) is 4.36. The summed E-state index contributed by atoms with van der Waals surface area (Å²) in [6.07, 6.45) is 3.06. The number of hydrogen-bond acceptors (Lipinski definition) is 5. The van der Waals surface area contributed by atoms with Crippen LogP contribution in [0.4, 0.5) is 11.5 Å². The van der Waals surface area contributed by atoms with Gasteiger partial charge in [0.2, 0.25) is 0 Å². The molecule has 0 spiro atoms. The number of anilines is 2. The Morgan fingerprint density at radius 1 is 1.00 bits per heavy atom. The van der Waals surface area contributed by atoms with E-state index in [9.17, 15) is 9.59 Å². The van der Waals surface area contributed by atoms with E-state index in [2.05, 4.69) is 20.8 Å². The number of carbonyl (C=O) groups excluding carboxylic acids is 2. The smallest absolute Gasteiger partial charge is 0.275 e. The third kappa shape index (κ3) is 4.25. The Labute approximate surface area is 163 Å². The fourth-order valence-corrected chi connectivity index (χ4v) is 2.89. The Morgan fingerprint density at radius 2 is 1.71 bits per heavy atom. The number of pyridine rings is 1. The zero-order valence-corrected chi connectivity index (χ0v) is 16.1.